The van der Waals surface area contributed by atoms with Crippen molar-refractivity contribution in [3.05, 3.63) is 0 Å². The van der Waals surface area contributed by atoms with Crippen molar-refractivity contribution >= 4 is 11.7 Å². The van der Waals surface area contributed by atoms with E-state index in [2.05, 4.69) is 5.32 Å². The van der Waals surface area contributed by atoms with Crippen LogP contribution < -0.4 is 5.32 Å². The number of ketones is 1. The first kappa shape index (κ1) is 14.1. The van der Waals surface area contributed by atoms with E-state index < -0.39 is 0 Å². The SMILES string of the molecule is CCN(C)CC(=O)NC(C(C)=O)C(C)C. The fourth-order valence-electron chi connectivity index (χ4n) is 1.31. The van der Waals surface area contributed by atoms with Crippen LogP contribution in [-0.2, 0) is 9.59 Å². The number of carbonyl (C=O) groups excluding carboxylic acids is 2. The van der Waals surface area contributed by atoms with Crippen molar-refractivity contribution in [3.8, 4) is 0 Å². The van der Waals surface area contributed by atoms with E-state index in [-0.39, 0.29) is 23.7 Å². The lowest BCUT2D eigenvalue weighted by molar-refractivity contribution is -0.128. The van der Waals surface area contributed by atoms with Gasteiger partial charge in [0.25, 0.3) is 0 Å². The van der Waals surface area contributed by atoms with E-state index >= 15 is 0 Å². The fraction of sp³-hybridized carbons (Fsp3) is 0.818. The Bertz CT molecular complexity index is 227. The highest BCUT2D eigenvalue weighted by atomic mass is 16.2. The zero-order chi connectivity index (χ0) is 12.0. The lowest BCUT2D eigenvalue weighted by Crippen LogP contribution is -2.46. The average Bonchev–Trinajstić information content (AvgIpc) is 2.12. The summed E-state index contributed by atoms with van der Waals surface area (Å²) in [4.78, 5) is 24.7. The molecule has 1 atom stereocenters. The quantitative estimate of drug-likeness (QED) is 0.707. The highest BCUT2D eigenvalue weighted by molar-refractivity contribution is 5.88. The molecule has 4 heteroatoms. The van der Waals surface area contributed by atoms with Gasteiger partial charge in [0.2, 0.25) is 5.91 Å². The van der Waals surface area contributed by atoms with Gasteiger partial charge in [-0.1, -0.05) is 20.8 Å². The number of nitrogens with one attached hydrogen (secondary N) is 1. The Morgan fingerprint density at radius 3 is 2.20 bits per heavy atom. The topological polar surface area (TPSA) is 49.4 Å². The predicted molar refractivity (Wildman–Crippen MR) is 60.6 cm³/mol. The third kappa shape index (κ3) is 5.52. The number of rotatable bonds is 6. The molecule has 0 aromatic carbocycles. The van der Waals surface area contributed by atoms with Gasteiger partial charge in [-0.15, -0.1) is 0 Å². The van der Waals surface area contributed by atoms with Crippen LogP contribution in [0, 0.1) is 5.92 Å². The average molecular weight is 214 g/mol. The van der Waals surface area contributed by atoms with Crippen LogP contribution in [0.25, 0.3) is 0 Å². The predicted octanol–water partition coefficient (Wildman–Crippen LogP) is 0.668. The fourth-order valence-corrected chi connectivity index (χ4v) is 1.31. The van der Waals surface area contributed by atoms with E-state index in [4.69, 9.17) is 0 Å². The van der Waals surface area contributed by atoms with Crippen LogP contribution in [0.5, 0.6) is 0 Å². The zero-order valence-electron chi connectivity index (χ0n) is 10.3. The molecule has 1 unspecified atom stereocenters. The maximum Gasteiger partial charge on any atom is 0.234 e. The van der Waals surface area contributed by atoms with Gasteiger partial charge in [-0.25, -0.2) is 0 Å². The van der Waals surface area contributed by atoms with Crippen molar-refractivity contribution in [2.75, 3.05) is 20.1 Å². The molecule has 0 aromatic heterocycles. The molecule has 0 saturated carbocycles. The second kappa shape index (κ2) is 6.56. The molecule has 0 aliphatic rings. The highest BCUT2D eigenvalue weighted by Crippen LogP contribution is 2.02. The van der Waals surface area contributed by atoms with Crippen molar-refractivity contribution in [1.82, 2.24) is 10.2 Å². The summed E-state index contributed by atoms with van der Waals surface area (Å²) in [6.45, 7) is 8.51. The number of hydrogen-bond donors (Lipinski definition) is 1. The molecule has 0 aromatic rings. The van der Waals surface area contributed by atoms with Crippen LogP contribution in [0.3, 0.4) is 0 Å². The molecule has 0 bridgehead atoms. The van der Waals surface area contributed by atoms with Crippen LogP contribution in [-0.4, -0.2) is 42.8 Å². The van der Waals surface area contributed by atoms with Gasteiger partial charge in [0.15, 0.2) is 5.78 Å². The van der Waals surface area contributed by atoms with Gasteiger partial charge >= 0.3 is 0 Å². The molecule has 0 radical (unpaired) electrons. The normalized spacial score (nSPS) is 13.0. The number of likely N-dealkylation sites (N-methyl/N-ethyl adjacent to an activating group) is 1. The molecular weight excluding hydrogens is 192 g/mol. The second-order valence-electron chi connectivity index (χ2n) is 4.23. The van der Waals surface area contributed by atoms with Gasteiger partial charge in [0.1, 0.15) is 0 Å². The minimum Gasteiger partial charge on any atom is -0.345 e. The number of Topliss-reactive ketones (excluding diaryl/α,β-unsaturated/α-hetero) is 1. The summed E-state index contributed by atoms with van der Waals surface area (Å²) >= 11 is 0. The van der Waals surface area contributed by atoms with Crippen molar-refractivity contribution in [2.45, 2.75) is 33.7 Å². The zero-order valence-corrected chi connectivity index (χ0v) is 10.3. The first-order valence-electron chi connectivity index (χ1n) is 5.36. The molecule has 0 heterocycles. The molecule has 0 aliphatic carbocycles. The van der Waals surface area contributed by atoms with Gasteiger partial charge in [-0.2, -0.15) is 0 Å². The molecule has 4 nitrogen and oxygen atoms in total. The third-order valence-electron chi connectivity index (χ3n) is 2.37. The summed E-state index contributed by atoms with van der Waals surface area (Å²) in [5.41, 5.74) is 0. The minimum absolute atomic E-state index is 0.0116. The first-order valence-corrected chi connectivity index (χ1v) is 5.36. The van der Waals surface area contributed by atoms with Crippen LogP contribution in [0.1, 0.15) is 27.7 Å². The van der Waals surface area contributed by atoms with E-state index in [1.165, 1.54) is 6.92 Å². The molecule has 1 N–H and O–H groups in total. The summed E-state index contributed by atoms with van der Waals surface area (Å²) in [6.07, 6.45) is 0. The number of amides is 1. The highest BCUT2D eigenvalue weighted by Gasteiger charge is 2.20. The molecule has 0 fully saturated rings. The molecule has 0 aliphatic heterocycles. The molecule has 88 valence electrons. The third-order valence-corrected chi connectivity index (χ3v) is 2.37. The van der Waals surface area contributed by atoms with Crippen molar-refractivity contribution in [3.63, 3.8) is 0 Å². The van der Waals surface area contributed by atoms with Crippen LogP contribution in [0.2, 0.25) is 0 Å². The van der Waals surface area contributed by atoms with Crippen LogP contribution in [0.15, 0.2) is 0 Å². The van der Waals surface area contributed by atoms with Gasteiger partial charge in [-0.3, -0.25) is 14.5 Å². The monoisotopic (exact) mass is 214 g/mol. The Balaban J connectivity index is 4.18. The minimum atomic E-state index is -0.359. The Hall–Kier alpha value is -0.900. The summed E-state index contributed by atoms with van der Waals surface area (Å²) < 4.78 is 0. The Kier molecular flexibility index (Phi) is 6.17. The first-order chi connectivity index (χ1) is 6.88. The number of hydrogen-bond acceptors (Lipinski definition) is 3. The Labute approximate surface area is 92.0 Å². The van der Waals surface area contributed by atoms with E-state index in [1.54, 1.807) is 0 Å². The summed E-state index contributed by atoms with van der Waals surface area (Å²) in [6, 6.07) is -0.359. The summed E-state index contributed by atoms with van der Waals surface area (Å²) in [5, 5.41) is 2.75. The molecule has 15 heavy (non-hydrogen) atoms. The standard InChI is InChI=1S/C11H22N2O2/c1-6-13(5)7-10(15)12-11(8(2)3)9(4)14/h8,11H,6-7H2,1-5H3,(H,12,15). The van der Waals surface area contributed by atoms with E-state index in [1.807, 2.05) is 32.7 Å². The summed E-state index contributed by atoms with van der Waals surface area (Å²) in [5.74, 6) is 0.0594. The van der Waals surface area contributed by atoms with Gasteiger partial charge in [-0.05, 0) is 26.4 Å². The Morgan fingerprint density at radius 2 is 1.87 bits per heavy atom. The molecular formula is C11H22N2O2. The van der Waals surface area contributed by atoms with Crippen LogP contribution >= 0.6 is 0 Å². The second-order valence-corrected chi connectivity index (χ2v) is 4.23. The van der Waals surface area contributed by atoms with Gasteiger partial charge < -0.3 is 5.32 Å². The van der Waals surface area contributed by atoms with Crippen LogP contribution in [0.4, 0.5) is 0 Å². The number of carbonyl (C=O) groups is 2. The van der Waals surface area contributed by atoms with Crippen molar-refractivity contribution < 1.29 is 9.59 Å². The molecule has 0 rings (SSSR count). The largest absolute Gasteiger partial charge is 0.345 e. The molecule has 1 amide bonds. The van der Waals surface area contributed by atoms with Gasteiger partial charge in [0.05, 0.1) is 12.6 Å². The van der Waals surface area contributed by atoms with E-state index in [9.17, 15) is 9.59 Å². The maximum absolute atomic E-state index is 11.5. The van der Waals surface area contributed by atoms with Crippen molar-refractivity contribution in [1.29, 1.82) is 0 Å². The lowest BCUT2D eigenvalue weighted by Gasteiger charge is -2.21. The maximum atomic E-state index is 11.5. The van der Waals surface area contributed by atoms with E-state index in [0.29, 0.717) is 6.54 Å². The van der Waals surface area contributed by atoms with Crippen molar-refractivity contribution in [2.24, 2.45) is 5.92 Å². The summed E-state index contributed by atoms with van der Waals surface area (Å²) in [7, 11) is 1.87. The molecule has 0 spiro atoms. The molecule has 0 saturated heterocycles. The lowest BCUT2D eigenvalue weighted by atomic mass is 10.0. The smallest absolute Gasteiger partial charge is 0.234 e. The van der Waals surface area contributed by atoms with Gasteiger partial charge in [0, 0.05) is 0 Å². The Morgan fingerprint density at radius 1 is 1.33 bits per heavy atom. The number of nitrogens with zero attached hydrogens (tertiary/aromatic N) is 1. The van der Waals surface area contributed by atoms with E-state index in [0.717, 1.165) is 6.54 Å².